The summed E-state index contributed by atoms with van der Waals surface area (Å²) in [6.07, 6.45) is 5.90. The standard InChI is InChI=1S/C13H24/c1-5-10-7-11(10)8-13(4)9(3)12(13)6-2/h9-12H,5-8H2,1-4H3. The largest absolute Gasteiger partial charge is 0.0651 e. The van der Waals surface area contributed by atoms with Gasteiger partial charge in [-0.05, 0) is 41.9 Å². The molecular formula is C13H24. The van der Waals surface area contributed by atoms with Crippen LogP contribution in [0.3, 0.4) is 0 Å². The highest BCUT2D eigenvalue weighted by Gasteiger charge is 2.59. The maximum absolute atomic E-state index is 2.52. The van der Waals surface area contributed by atoms with Crippen molar-refractivity contribution in [2.24, 2.45) is 29.1 Å². The summed E-state index contributed by atoms with van der Waals surface area (Å²) in [5, 5.41) is 0. The summed E-state index contributed by atoms with van der Waals surface area (Å²) in [4.78, 5) is 0. The smallest absolute Gasteiger partial charge is 0.0264 e. The third-order valence-corrected chi connectivity index (χ3v) is 5.12. The second kappa shape index (κ2) is 3.00. The van der Waals surface area contributed by atoms with Crippen LogP contribution in [0.4, 0.5) is 0 Å². The molecule has 5 atom stereocenters. The van der Waals surface area contributed by atoms with Crippen molar-refractivity contribution in [1.82, 2.24) is 0 Å². The molecule has 2 saturated carbocycles. The predicted octanol–water partition coefficient (Wildman–Crippen LogP) is 4.10. The molecule has 13 heavy (non-hydrogen) atoms. The minimum absolute atomic E-state index is 0.739. The van der Waals surface area contributed by atoms with Gasteiger partial charge in [-0.1, -0.05) is 40.5 Å². The van der Waals surface area contributed by atoms with Gasteiger partial charge in [0.2, 0.25) is 0 Å². The molecule has 76 valence electrons. The topological polar surface area (TPSA) is 0 Å². The van der Waals surface area contributed by atoms with Crippen molar-refractivity contribution in [3.8, 4) is 0 Å². The summed E-state index contributed by atoms with van der Waals surface area (Å²) in [5.41, 5.74) is 0.739. The van der Waals surface area contributed by atoms with Crippen LogP contribution < -0.4 is 0 Å². The van der Waals surface area contributed by atoms with E-state index < -0.39 is 0 Å². The van der Waals surface area contributed by atoms with E-state index in [4.69, 9.17) is 0 Å². The summed E-state index contributed by atoms with van der Waals surface area (Å²) in [6, 6.07) is 0. The Balaban J connectivity index is 1.83. The van der Waals surface area contributed by atoms with E-state index in [0.29, 0.717) is 0 Å². The Morgan fingerprint density at radius 3 is 2.23 bits per heavy atom. The molecule has 2 aliphatic carbocycles. The van der Waals surface area contributed by atoms with Crippen LogP contribution in [0.5, 0.6) is 0 Å². The lowest BCUT2D eigenvalue weighted by molar-refractivity contribution is 0.397. The highest BCUT2D eigenvalue weighted by atomic mass is 14.6. The number of hydrogen-bond acceptors (Lipinski definition) is 0. The van der Waals surface area contributed by atoms with E-state index in [-0.39, 0.29) is 0 Å². The van der Waals surface area contributed by atoms with E-state index in [1.807, 2.05) is 0 Å². The highest BCUT2D eigenvalue weighted by Crippen LogP contribution is 2.66. The van der Waals surface area contributed by atoms with E-state index >= 15 is 0 Å². The summed E-state index contributed by atoms with van der Waals surface area (Å²) in [5.74, 6) is 4.26. The van der Waals surface area contributed by atoms with E-state index in [1.54, 1.807) is 0 Å². The summed E-state index contributed by atoms with van der Waals surface area (Å²) in [7, 11) is 0. The third-order valence-electron chi connectivity index (χ3n) is 5.12. The second-order valence-corrected chi connectivity index (χ2v) is 5.68. The van der Waals surface area contributed by atoms with E-state index in [9.17, 15) is 0 Å². The first-order valence-corrected chi connectivity index (χ1v) is 6.13. The van der Waals surface area contributed by atoms with Gasteiger partial charge in [-0.3, -0.25) is 0 Å². The van der Waals surface area contributed by atoms with Gasteiger partial charge in [0, 0.05) is 0 Å². The average molecular weight is 180 g/mol. The molecular weight excluding hydrogens is 156 g/mol. The number of hydrogen-bond donors (Lipinski definition) is 0. The van der Waals surface area contributed by atoms with Gasteiger partial charge in [0.1, 0.15) is 0 Å². The molecule has 0 nitrogen and oxygen atoms in total. The zero-order valence-corrected chi connectivity index (χ0v) is 9.64. The van der Waals surface area contributed by atoms with Crippen LogP contribution in [-0.4, -0.2) is 0 Å². The van der Waals surface area contributed by atoms with Crippen molar-refractivity contribution in [3.05, 3.63) is 0 Å². The molecule has 2 rings (SSSR count). The molecule has 2 fully saturated rings. The summed E-state index contributed by atoms with van der Waals surface area (Å²) in [6.45, 7) is 9.69. The Morgan fingerprint density at radius 2 is 1.85 bits per heavy atom. The molecule has 0 heterocycles. The Hall–Kier alpha value is 0. The minimum atomic E-state index is 0.739. The zero-order chi connectivity index (χ0) is 9.64. The first-order chi connectivity index (χ1) is 6.13. The molecule has 0 aromatic rings. The average Bonchev–Trinajstić information content (AvgIpc) is 2.94. The van der Waals surface area contributed by atoms with E-state index in [2.05, 4.69) is 27.7 Å². The van der Waals surface area contributed by atoms with Crippen LogP contribution in [0.25, 0.3) is 0 Å². The number of rotatable bonds is 4. The lowest BCUT2D eigenvalue weighted by Gasteiger charge is -2.10. The maximum Gasteiger partial charge on any atom is -0.0264 e. The second-order valence-electron chi connectivity index (χ2n) is 5.68. The van der Waals surface area contributed by atoms with Crippen LogP contribution in [0.15, 0.2) is 0 Å². The van der Waals surface area contributed by atoms with Crippen molar-refractivity contribution in [1.29, 1.82) is 0 Å². The fraction of sp³-hybridized carbons (Fsp3) is 1.00. The molecule has 0 radical (unpaired) electrons. The van der Waals surface area contributed by atoms with Gasteiger partial charge in [0.25, 0.3) is 0 Å². The maximum atomic E-state index is 2.52. The van der Waals surface area contributed by atoms with Gasteiger partial charge in [0.15, 0.2) is 0 Å². The Bertz CT molecular complexity index is 196. The molecule has 0 amide bonds. The molecule has 0 saturated heterocycles. The van der Waals surface area contributed by atoms with Crippen molar-refractivity contribution >= 4 is 0 Å². The monoisotopic (exact) mass is 180 g/mol. The Kier molecular flexibility index (Phi) is 2.20. The molecule has 0 aliphatic heterocycles. The van der Waals surface area contributed by atoms with Gasteiger partial charge in [-0.15, -0.1) is 0 Å². The van der Waals surface area contributed by atoms with Gasteiger partial charge in [0.05, 0.1) is 0 Å². The molecule has 0 N–H and O–H groups in total. The lowest BCUT2D eigenvalue weighted by Crippen LogP contribution is -2.01. The molecule has 0 aromatic carbocycles. The van der Waals surface area contributed by atoms with Crippen molar-refractivity contribution in [2.45, 2.75) is 53.4 Å². The summed E-state index contributed by atoms with van der Waals surface area (Å²) < 4.78 is 0. The van der Waals surface area contributed by atoms with Crippen LogP contribution in [0, 0.1) is 29.1 Å². The Morgan fingerprint density at radius 1 is 1.15 bits per heavy atom. The van der Waals surface area contributed by atoms with Gasteiger partial charge < -0.3 is 0 Å². The van der Waals surface area contributed by atoms with E-state index in [0.717, 1.165) is 29.1 Å². The molecule has 0 bridgehead atoms. The van der Waals surface area contributed by atoms with Crippen molar-refractivity contribution in [3.63, 3.8) is 0 Å². The minimum Gasteiger partial charge on any atom is -0.0651 e. The lowest BCUT2D eigenvalue weighted by atomic mass is 9.95. The van der Waals surface area contributed by atoms with Crippen molar-refractivity contribution in [2.75, 3.05) is 0 Å². The SMILES string of the molecule is CCC1CC1CC1(C)C(C)C1CC. The molecule has 0 heteroatoms. The van der Waals surface area contributed by atoms with Gasteiger partial charge in [-0.25, -0.2) is 0 Å². The van der Waals surface area contributed by atoms with Gasteiger partial charge in [-0.2, -0.15) is 0 Å². The summed E-state index contributed by atoms with van der Waals surface area (Å²) >= 11 is 0. The normalized spacial score (nSPS) is 53.5. The van der Waals surface area contributed by atoms with Crippen LogP contribution in [0.2, 0.25) is 0 Å². The predicted molar refractivity (Wildman–Crippen MR) is 57.6 cm³/mol. The van der Waals surface area contributed by atoms with Gasteiger partial charge >= 0.3 is 0 Å². The highest BCUT2D eigenvalue weighted by molar-refractivity contribution is 5.07. The van der Waals surface area contributed by atoms with Crippen LogP contribution in [-0.2, 0) is 0 Å². The first-order valence-electron chi connectivity index (χ1n) is 6.13. The van der Waals surface area contributed by atoms with Crippen molar-refractivity contribution < 1.29 is 0 Å². The zero-order valence-electron chi connectivity index (χ0n) is 9.64. The quantitative estimate of drug-likeness (QED) is 0.611. The van der Waals surface area contributed by atoms with Crippen LogP contribution >= 0.6 is 0 Å². The van der Waals surface area contributed by atoms with Crippen LogP contribution in [0.1, 0.15) is 53.4 Å². The molecule has 0 aromatic heterocycles. The van der Waals surface area contributed by atoms with E-state index in [1.165, 1.54) is 25.7 Å². The molecule has 0 spiro atoms. The first kappa shape index (κ1) is 9.55. The fourth-order valence-corrected chi connectivity index (χ4v) is 3.69. The Labute approximate surface area is 83.1 Å². The fourth-order valence-electron chi connectivity index (χ4n) is 3.69. The third kappa shape index (κ3) is 1.43. The molecule has 2 aliphatic rings. The molecule has 5 unspecified atom stereocenters.